The first-order valence-electron chi connectivity index (χ1n) is 17.1. The number of unbranched alkanes of at least 4 members (excludes halogenated alkanes) is 2. The summed E-state index contributed by atoms with van der Waals surface area (Å²) in [7, 11) is 0. The van der Waals surface area contributed by atoms with Crippen LogP contribution in [-0.4, -0.2) is 19.3 Å². The van der Waals surface area contributed by atoms with E-state index in [-0.39, 0.29) is 21.1 Å². The molecule has 0 aliphatic rings. The minimum atomic E-state index is 0. The van der Waals surface area contributed by atoms with Crippen molar-refractivity contribution in [1.82, 2.24) is 19.3 Å². The molecule has 49 heavy (non-hydrogen) atoms. The van der Waals surface area contributed by atoms with E-state index in [1.54, 1.807) is 0 Å². The third kappa shape index (κ3) is 6.87. The van der Waals surface area contributed by atoms with E-state index in [4.69, 9.17) is 14.8 Å². The van der Waals surface area contributed by atoms with Crippen molar-refractivity contribution < 1.29 is 25.8 Å². The molecule has 0 amide bonds. The Labute approximate surface area is 304 Å². The standard InChI is InChI=1S/C43H42N4O.Pt/c1-7-8-10-13-32-16-19-40-39(23-32)38-18-17-36(27-41(38)46(40)42-22-29(4)20-21-44-42)48-37-25-34(28(2)3)24-35(26-37)47-31(6)43(30(5)45-47)33-14-11-9-12-15-33;/h9,11-12,14-25,28H,7-8,10,13H2,1-6H3;/q-2;+2. The van der Waals surface area contributed by atoms with Crippen LogP contribution in [0.15, 0.2) is 91.1 Å². The van der Waals surface area contributed by atoms with E-state index in [0.29, 0.717) is 17.4 Å². The fourth-order valence-corrected chi connectivity index (χ4v) is 6.72. The van der Waals surface area contributed by atoms with E-state index >= 15 is 0 Å². The normalized spacial score (nSPS) is 11.4. The molecule has 0 spiro atoms. The first kappa shape index (κ1) is 34.4. The molecule has 0 unspecified atom stereocenters. The number of hydrogen-bond acceptors (Lipinski definition) is 3. The van der Waals surface area contributed by atoms with E-state index < -0.39 is 0 Å². The zero-order valence-electron chi connectivity index (χ0n) is 29.1. The molecule has 0 N–H and O–H groups in total. The molecule has 7 aromatic rings. The van der Waals surface area contributed by atoms with Gasteiger partial charge in [0, 0.05) is 34.5 Å². The zero-order valence-corrected chi connectivity index (χ0v) is 31.4. The van der Waals surface area contributed by atoms with Crippen LogP contribution in [0.2, 0.25) is 0 Å². The van der Waals surface area contributed by atoms with Crippen molar-refractivity contribution in [2.45, 2.75) is 73.1 Å². The van der Waals surface area contributed by atoms with Crippen LogP contribution in [0.5, 0.6) is 11.5 Å². The maximum atomic E-state index is 6.61. The molecule has 4 aromatic carbocycles. The zero-order chi connectivity index (χ0) is 33.4. The van der Waals surface area contributed by atoms with Crippen molar-refractivity contribution in [2.75, 3.05) is 0 Å². The summed E-state index contributed by atoms with van der Waals surface area (Å²) in [6.45, 7) is 12.9. The number of pyridine rings is 1. The first-order valence-corrected chi connectivity index (χ1v) is 17.1. The van der Waals surface area contributed by atoms with Gasteiger partial charge in [0.15, 0.2) is 0 Å². The Morgan fingerprint density at radius 1 is 0.816 bits per heavy atom. The van der Waals surface area contributed by atoms with Crippen LogP contribution in [0.1, 0.15) is 74.0 Å². The minimum Gasteiger partial charge on any atom is -0.509 e. The van der Waals surface area contributed by atoms with E-state index in [1.807, 2.05) is 29.1 Å². The van der Waals surface area contributed by atoms with Crippen LogP contribution in [0.4, 0.5) is 0 Å². The molecule has 0 saturated carbocycles. The van der Waals surface area contributed by atoms with Crippen molar-refractivity contribution in [1.29, 1.82) is 0 Å². The number of aromatic nitrogens is 4. The largest absolute Gasteiger partial charge is 2.00 e. The summed E-state index contributed by atoms with van der Waals surface area (Å²) in [5.41, 5.74) is 10.9. The molecule has 5 nitrogen and oxygen atoms in total. The molecule has 0 aliphatic heterocycles. The molecule has 250 valence electrons. The Morgan fingerprint density at radius 2 is 1.63 bits per heavy atom. The SMILES string of the molecule is CCCCCc1ccc2c(c1)c1ccc(Oc3[c-]c(-n4nc(C)c(-c5ccccc5)c4C)cc(C(C)C)c3)[c-]c1n2-c1cc(C)ccn1.[Pt+2]. The average molecular weight is 826 g/mol. The van der Waals surface area contributed by atoms with Gasteiger partial charge in [-0.25, -0.2) is 4.98 Å². The van der Waals surface area contributed by atoms with Gasteiger partial charge in [-0.15, -0.1) is 41.3 Å². The van der Waals surface area contributed by atoms with Gasteiger partial charge in [-0.05, 0) is 85.5 Å². The molecule has 0 saturated heterocycles. The fourth-order valence-electron chi connectivity index (χ4n) is 6.72. The number of ether oxygens (including phenoxy) is 1. The van der Waals surface area contributed by atoms with Gasteiger partial charge in [0.25, 0.3) is 0 Å². The number of rotatable bonds is 10. The van der Waals surface area contributed by atoms with E-state index in [1.165, 1.54) is 30.2 Å². The van der Waals surface area contributed by atoms with Crippen LogP contribution in [0, 0.1) is 32.9 Å². The van der Waals surface area contributed by atoms with Gasteiger partial charge >= 0.3 is 21.1 Å². The Bertz CT molecular complexity index is 2250. The number of nitrogens with zero attached hydrogens (tertiary/aromatic N) is 4. The van der Waals surface area contributed by atoms with Crippen molar-refractivity contribution in [3.05, 3.63) is 131 Å². The van der Waals surface area contributed by atoms with Crippen molar-refractivity contribution in [2.24, 2.45) is 0 Å². The molecule has 7 rings (SSSR count). The Balaban J connectivity index is 0.00000417. The quantitative estimate of drug-likeness (QED) is 0.102. The minimum absolute atomic E-state index is 0. The van der Waals surface area contributed by atoms with Gasteiger partial charge < -0.3 is 9.30 Å². The van der Waals surface area contributed by atoms with Crippen molar-refractivity contribution in [3.8, 4) is 34.1 Å². The molecule has 0 fully saturated rings. The van der Waals surface area contributed by atoms with E-state index in [0.717, 1.165) is 68.0 Å². The van der Waals surface area contributed by atoms with Gasteiger partial charge in [-0.3, -0.25) is 4.68 Å². The second kappa shape index (κ2) is 14.6. The van der Waals surface area contributed by atoms with Gasteiger partial charge in [0.1, 0.15) is 5.82 Å². The third-order valence-electron chi connectivity index (χ3n) is 9.23. The Kier molecular flexibility index (Phi) is 10.2. The van der Waals surface area contributed by atoms with Crippen molar-refractivity contribution in [3.63, 3.8) is 0 Å². The van der Waals surface area contributed by atoms with Crippen LogP contribution in [0.3, 0.4) is 0 Å². The fraction of sp³-hybridized carbons (Fsp3) is 0.256. The van der Waals surface area contributed by atoms with E-state index in [9.17, 15) is 0 Å². The van der Waals surface area contributed by atoms with Gasteiger partial charge in [-0.1, -0.05) is 81.6 Å². The topological polar surface area (TPSA) is 44.9 Å². The molecule has 6 heteroatoms. The second-order valence-corrected chi connectivity index (χ2v) is 13.2. The second-order valence-electron chi connectivity index (χ2n) is 13.2. The third-order valence-corrected chi connectivity index (χ3v) is 9.23. The molecule has 0 radical (unpaired) electrons. The maximum absolute atomic E-state index is 6.61. The predicted molar refractivity (Wildman–Crippen MR) is 197 cm³/mol. The predicted octanol–water partition coefficient (Wildman–Crippen LogP) is 11.2. The summed E-state index contributed by atoms with van der Waals surface area (Å²) in [5.74, 6) is 2.43. The molecule has 3 heterocycles. The smallest absolute Gasteiger partial charge is 0.509 e. The van der Waals surface area contributed by atoms with Crippen molar-refractivity contribution >= 4 is 21.8 Å². The van der Waals surface area contributed by atoms with Crippen LogP contribution in [-0.2, 0) is 27.5 Å². The Hall–Kier alpha value is -4.47. The molecule has 3 aromatic heterocycles. The number of hydrogen-bond donors (Lipinski definition) is 0. The number of aryl methyl sites for hydroxylation is 3. The summed E-state index contributed by atoms with van der Waals surface area (Å²) in [6, 6.07) is 37.0. The van der Waals surface area contributed by atoms with E-state index in [2.05, 4.69) is 125 Å². The summed E-state index contributed by atoms with van der Waals surface area (Å²) in [5, 5.41) is 7.31. The van der Waals surface area contributed by atoms with Crippen LogP contribution in [0.25, 0.3) is 44.4 Å². The summed E-state index contributed by atoms with van der Waals surface area (Å²) >= 11 is 0. The molecule has 0 aliphatic carbocycles. The monoisotopic (exact) mass is 825 g/mol. The molecule has 0 bridgehead atoms. The summed E-state index contributed by atoms with van der Waals surface area (Å²) < 4.78 is 10.8. The number of benzene rings is 4. The average Bonchev–Trinajstić information content (AvgIpc) is 3.57. The van der Waals surface area contributed by atoms with Gasteiger partial charge in [0.2, 0.25) is 0 Å². The van der Waals surface area contributed by atoms with Crippen LogP contribution >= 0.6 is 0 Å². The maximum Gasteiger partial charge on any atom is 2.00 e. The number of fused-ring (bicyclic) bond motifs is 3. The van der Waals surface area contributed by atoms with Gasteiger partial charge in [-0.2, -0.15) is 11.2 Å². The molecule has 0 atom stereocenters. The summed E-state index contributed by atoms with van der Waals surface area (Å²) in [6.07, 6.45) is 6.61. The van der Waals surface area contributed by atoms with Crippen LogP contribution < -0.4 is 4.74 Å². The first-order chi connectivity index (χ1) is 23.3. The Morgan fingerprint density at radius 3 is 2.39 bits per heavy atom. The molecular formula is C43H42N4OPt. The molecular weight excluding hydrogens is 784 g/mol. The summed E-state index contributed by atoms with van der Waals surface area (Å²) in [4.78, 5) is 4.78. The van der Waals surface area contributed by atoms with Gasteiger partial charge in [0.05, 0.1) is 5.69 Å².